The maximum absolute atomic E-state index is 12.7. The van der Waals surface area contributed by atoms with Crippen LogP contribution in [0.15, 0.2) is 51.9 Å². The highest BCUT2D eigenvalue weighted by molar-refractivity contribution is 6.03. The second-order valence-electron chi connectivity index (χ2n) is 5.85. The van der Waals surface area contributed by atoms with E-state index in [2.05, 4.69) is 10.5 Å². The van der Waals surface area contributed by atoms with E-state index in [1.54, 1.807) is 57.7 Å². The van der Waals surface area contributed by atoms with E-state index in [0.717, 1.165) is 5.56 Å². The van der Waals surface area contributed by atoms with Crippen molar-refractivity contribution >= 4 is 11.7 Å². The molecule has 0 bridgehead atoms. The van der Waals surface area contributed by atoms with Crippen LogP contribution in [-0.2, 0) is 6.54 Å². The molecule has 0 unspecified atom stereocenters. The van der Waals surface area contributed by atoms with Crippen LogP contribution in [0.25, 0.3) is 0 Å². The maximum Gasteiger partial charge on any atom is 0.263 e. The fourth-order valence-electron chi connectivity index (χ4n) is 2.60. The van der Waals surface area contributed by atoms with Crippen molar-refractivity contribution in [2.45, 2.75) is 13.5 Å². The molecule has 1 aromatic carbocycles. The Bertz CT molecular complexity index is 1000. The number of methoxy groups -OCH3 is 2. The topological polar surface area (TPSA) is 95.6 Å². The van der Waals surface area contributed by atoms with Crippen LogP contribution in [0.3, 0.4) is 0 Å². The second kappa shape index (κ2) is 7.77. The van der Waals surface area contributed by atoms with E-state index in [1.807, 2.05) is 0 Å². The largest absolute Gasteiger partial charge is 0.497 e. The summed E-state index contributed by atoms with van der Waals surface area (Å²) in [6.07, 6.45) is 1.62. The predicted octanol–water partition coefficient (Wildman–Crippen LogP) is 2.46. The van der Waals surface area contributed by atoms with Crippen molar-refractivity contribution in [3.8, 4) is 11.5 Å². The molecule has 0 fully saturated rings. The Hall–Kier alpha value is -3.55. The lowest BCUT2D eigenvalue weighted by molar-refractivity contribution is 0.102. The number of amides is 1. The molecule has 1 amide bonds. The number of nitrogens with one attached hydrogen (secondary N) is 1. The highest BCUT2D eigenvalue weighted by atomic mass is 16.5. The van der Waals surface area contributed by atoms with Crippen molar-refractivity contribution in [1.82, 2.24) is 9.72 Å². The van der Waals surface area contributed by atoms with Crippen molar-refractivity contribution in [3.05, 3.63) is 69.8 Å². The van der Waals surface area contributed by atoms with Crippen molar-refractivity contribution in [2.75, 3.05) is 19.5 Å². The van der Waals surface area contributed by atoms with Gasteiger partial charge in [0.2, 0.25) is 0 Å². The number of ether oxygens (including phenoxy) is 2. The SMILES string of the molecule is COc1cc(Cn2cccc(C(=O)Nc3cc(C)on3)c2=O)cc(OC)c1. The molecule has 2 aromatic heterocycles. The first-order valence-electron chi connectivity index (χ1n) is 8.16. The van der Waals surface area contributed by atoms with Gasteiger partial charge < -0.3 is 23.9 Å². The average Bonchev–Trinajstić information content (AvgIpc) is 3.07. The summed E-state index contributed by atoms with van der Waals surface area (Å²) in [5.74, 6) is 1.50. The smallest absolute Gasteiger partial charge is 0.263 e. The summed E-state index contributed by atoms with van der Waals surface area (Å²) in [5.41, 5.74) is 0.392. The van der Waals surface area contributed by atoms with Gasteiger partial charge in [0.1, 0.15) is 22.8 Å². The van der Waals surface area contributed by atoms with E-state index in [4.69, 9.17) is 14.0 Å². The van der Waals surface area contributed by atoms with Gasteiger partial charge in [0.05, 0.1) is 20.8 Å². The quantitative estimate of drug-likeness (QED) is 0.717. The molecule has 0 saturated heterocycles. The summed E-state index contributed by atoms with van der Waals surface area (Å²) in [6.45, 7) is 1.97. The zero-order chi connectivity index (χ0) is 19.4. The molecular weight excluding hydrogens is 350 g/mol. The van der Waals surface area contributed by atoms with Gasteiger partial charge in [0.15, 0.2) is 5.82 Å². The van der Waals surface area contributed by atoms with E-state index in [9.17, 15) is 9.59 Å². The number of anilines is 1. The number of aryl methyl sites for hydroxylation is 1. The minimum atomic E-state index is -0.550. The van der Waals surface area contributed by atoms with Crippen LogP contribution < -0.4 is 20.3 Å². The van der Waals surface area contributed by atoms with Crippen LogP contribution in [0.5, 0.6) is 11.5 Å². The molecule has 140 valence electrons. The van der Waals surface area contributed by atoms with E-state index in [1.165, 1.54) is 10.6 Å². The highest BCUT2D eigenvalue weighted by Crippen LogP contribution is 2.22. The predicted molar refractivity (Wildman–Crippen MR) is 98.5 cm³/mol. The summed E-state index contributed by atoms with van der Waals surface area (Å²) in [6, 6.07) is 10.0. The van der Waals surface area contributed by atoms with Crippen LogP contribution in [0.2, 0.25) is 0 Å². The van der Waals surface area contributed by atoms with E-state index < -0.39 is 11.5 Å². The molecule has 0 saturated carbocycles. The second-order valence-corrected chi connectivity index (χ2v) is 5.85. The van der Waals surface area contributed by atoms with E-state index >= 15 is 0 Å². The van der Waals surface area contributed by atoms with Gasteiger partial charge in [-0.25, -0.2) is 0 Å². The molecular formula is C19H19N3O5. The van der Waals surface area contributed by atoms with Crippen LogP contribution in [-0.4, -0.2) is 29.9 Å². The molecule has 0 atom stereocenters. The molecule has 2 heterocycles. The number of aromatic nitrogens is 2. The lowest BCUT2D eigenvalue weighted by atomic mass is 10.2. The molecule has 0 spiro atoms. The van der Waals surface area contributed by atoms with Gasteiger partial charge in [-0.2, -0.15) is 0 Å². The summed E-state index contributed by atoms with van der Waals surface area (Å²) in [4.78, 5) is 25.1. The highest BCUT2D eigenvalue weighted by Gasteiger charge is 2.14. The fourth-order valence-corrected chi connectivity index (χ4v) is 2.60. The molecule has 8 nitrogen and oxygen atoms in total. The average molecular weight is 369 g/mol. The molecule has 8 heteroatoms. The van der Waals surface area contributed by atoms with Gasteiger partial charge in [-0.1, -0.05) is 5.16 Å². The fraction of sp³-hybridized carbons (Fsp3) is 0.211. The zero-order valence-corrected chi connectivity index (χ0v) is 15.2. The first-order valence-corrected chi connectivity index (χ1v) is 8.16. The van der Waals surface area contributed by atoms with Crippen molar-refractivity contribution in [2.24, 2.45) is 0 Å². The Balaban J connectivity index is 1.87. The van der Waals surface area contributed by atoms with Crippen LogP contribution >= 0.6 is 0 Å². The first-order chi connectivity index (χ1) is 13.0. The third kappa shape index (κ3) is 4.17. The number of pyridine rings is 1. The maximum atomic E-state index is 12.7. The Morgan fingerprint density at radius 1 is 1.19 bits per heavy atom. The van der Waals surface area contributed by atoms with Crippen LogP contribution in [0.4, 0.5) is 5.82 Å². The Morgan fingerprint density at radius 2 is 1.89 bits per heavy atom. The minimum absolute atomic E-state index is 0.00742. The van der Waals surface area contributed by atoms with Crippen molar-refractivity contribution < 1.29 is 18.8 Å². The molecule has 0 aliphatic heterocycles. The number of carbonyl (C=O) groups excluding carboxylic acids is 1. The summed E-state index contributed by atoms with van der Waals surface area (Å²) in [7, 11) is 3.11. The molecule has 0 aliphatic rings. The van der Waals surface area contributed by atoms with Gasteiger partial charge in [-0.3, -0.25) is 9.59 Å². The molecule has 3 rings (SSSR count). The number of benzene rings is 1. The van der Waals surface area contributed by atoms with E-state index in [-0.39, 0.29) is 17.9 Å². The van der Waals surface area contributed by atoms with Gasteiger partial charge in [0, 0.05) is 18.3 Å². The lowest BCUT2D eigenvalue weighted by Gasteiger charge is -2.11. The van der Waals surface area contributed by atoms with Gasteiger partial charge in [-0.15, -0.1) is 0 Å². The van der Waals surface area contributed by atoms with Gasteiger partial charge in [-0.05, 0) is 36.8 Å². The lowest BCUT2D eigenvalue weighted by Crippen LogP contribution is -2.29. The standard InChI is InChI=1S/C19H19N3O5/c1-12-7-17(21-27-12)20-18(23)16-5-4-6-22(19(16)24)11-13-8-14(25-2)10-15(9-13)26-3/h4-10H,11H2,1-3H3,(H,20,21,23). The number of rotatable bonds is 6. The number of carbonyl (C=O) groups is 1. The van der Waals surface area contributed by atoms with Crippen LogP contribution in [0, 0.1) is 6.92 Å². The number of nitrogens with zero attached hydrogens (tertiary/aromatic N) is 2. The molecule has 1 N–H and O–H groups in total. The molecule has 0 radical (unpaired) electrons. The number of hydrogen-bond acceptors (Lipinski definition) is 6. The van der Waals surface area contributed by atoms with Crippen molar-refractivity contribution in [3.63, 3.8) is 0 Å². The summed E-state index contributed by atoms with van der Waals surface area (Å²) < 4.78 is 16.8. The van der Waals surface area contributed by atoms with E-state index in [0.29, 0.717) is 17.3 Å². The Labute approximate surface area is 155 Å². The Kier molecular flexibility index (Phi) is 5.25. The van der Waals surface area contributed by atoms with Gasteiger partial charge >= 0.3 is 0 Å². The summed E-state index contributed by atoms with van der Waals surface area (Å²) in [5, 5.41) is 6.25. The molecule has 0 aliphatic carbocycles. The first kappa shape index (κ1) is 18.2. The zero-order valence-electron chi connectivity index (χ0n) is 15.2. The van der Waals surface area contributed by atoms with Crippen molar-refractivity contribution in [1.29, 1.82) is 0 Å². The third-order valence-electron chi connectivity index (χ3n) is 3.90. The summed E-state index contributed by atoms with van der Waals surface area (Å²) >= 11 is 0. The monoisotopic (exact) mass is 369 g/mol. The normalized spacial score (nSPS) is 10.5. The van der Waals surface area contributed by atoms with Gasteiger partial charge in [0.25, 0.3) is 11.5 Å². The molecule has 3 aromatic rings. The van der Waals surface area contributed by atoms with Crippen LogP contribution in [0.1, 0.15) is 21.7 Å². The minimum Gasteiger partial charge on any atom is -0.497 e. The Morgan fingerprint density at radius 3 is 2.48 bits per heavy atom. The number of hydrogen-bond donors (Lipinski definition) is 1. The third-order valence-corrected chi connectivity index (χ3v) is 3.90. The molecule has 27 heavy (non-hydrogen) atoms.